The zero-order chi connectivity index (χ0) is 20.1. The van der Waals surface area contributed by atoms with Gasteiger partial charge in [-0.25, -0.2) is 4.79 Å². The molecule has 140 valence electrons. The maximum absolute atomic E-state index is 12.4. The van der Waals surface area contributed by atoms with Gasteiger partial charge < -0.3 is 19.9 Å². The zero-order valence-corrected chi connectivity index (χ0v) is 14.4. The third kappa shape index (κ3) is 3.87. The lowest BCUT2D eigenvalue weighted by atomic mass is 9.82. The van der Waals surface area contributed by atoms with Crippen LogP contribution in [0.5, 0.6) is 0 Å². The summed E-state index contributed by atoms with van der Waals surface area (Å²) in [5.74, 6) is -3.15. The number of nitriles is 1. The molecule has 1 aliphatic rings. The monoisotopic (exact) mass is 373 g/mol. The Bertz CT molecular complexity index is 911. The van der Waals surface area contributed by atoms with Gasteiger partial charge in [-0.05, 0) is 5.56 Å². The Morgan fingerprint density at radius 3 is 2.63 bits per heavy atom. The molecule has 0 aromatic heterocycles. The van der Waals surface area contributed by atoms with E-state index in [2.05, 4.69) is 4.74 Å². The van der Waals surface area contributed by atoms with Gasteiger partial charge in [-0.2, -0.15) is 5.26 Å². The van der Waals surface area contributed by atoms with Crippen molar-refractivity contribution in [1.29, 1.82) is 5.26 Å². The van der Waals surface area contributed by atoms with Crippen molar-refractivity contribution in [2.75, 3.05) is 14.2 Å². The number of hydrogen-bond donors (Lipinski definition) is 1. The molecule has 1 atom stereocenters. The molecule has 0 bridgehead atoms. The molecule has 2 N–H and O–H groups in total. The van der Waals surface area contributed by atoms with Crippen LogP contribution in [0.2, 0.25) is 0 Å². The first kappa shape index (κ1) is 19.5. The minimum atomic E-state index is -1.10. The Labute approximate surface area is 153 Å². The highest BCUT2D eigenvalue weighted by atomic mass is 16.6. The Hall–Kier alpha value is -3.87. The largest absolute Gasteiger partial charge is 0.469 e. The Kier molecular flexibility index (Phi) is 5.77. The zero-order valence-electron chi connectivity index (χ0n) is 14.4. The van der Waals surface area contributed by atoms with Crippen LogP contribution in [0, 0.1) is 21.4 Å². The van der Waals surface area contributed by atoms with Crippen LogP contribution < -0.4 is 5.73 Å². The van der Waals surface area contributed by atoms with E-state index in [1.165, 1.54) is 24.3 Å². The molecule has 1 unspecified atom stereocenters. The van der Waals surface area contributed by atoms with Crippen molar-refractivity contribution in [2.45, 2.75) is 12.3 Å². The molecular weight excluding hydrogens is 358 g/mol. The molecule has 2 rings (SSSR count). The van der Waals surface area contributed by atoms with Gasteiger partial charge in [0.05, 0.1) is 30.6 Å². The number of carbonyl (C=O) groups is 2. The molecule has 0 amide bonds. The quantitative estimate of drug-likeness (QED) is 0.458. The molecule has 0 saturated carbocycles. The molecule has 10 heteroatoms. The van der Waals surface area contributed by atoms with Crippen molar-refractivity contribution < 1.29 is 28.7 Å². The molecule has 0 aliphatic carbocycles. The minimum absolute atomic E-state index is 0.135. The number of nitrogens with two attached hydrogens (primary N) is 1. The van der Waals surface area contributed by atoms with Crippen molar-refractivity contribution >= 4 is 17.6 Å². The highest BCUT2D eigenvalue weighted by Gasteiger charge is 2.38. The second-order valence-corrected chi connectivity index (χ2v) is 5.36. The summed E-state index contributed by atoms with van der Waals surface area (Å²) in [7, 11) is 2.27. The summed E-state index contributed by atoms with van der Waals surface area (Å²) in [4.78, 5) is 34.6. The lowest BCUT2D eigenvalue weighted by molar-refractivity contribution is -0.384. The highest BCUT2D eigenvalue weighted by Crippen LogP contribution is 2.41. The molecule has 1 aromatic rings. The maximum atomic E-state index is 12.4. The summed E-state index contributed by atoms with van der Waals surface area (Å²) >= 11 is 0. The van der Waals surface area contributed by atoms with Gasteiger partial charge in [-0.15, -0.1) is 0 Å². The van der Waals surface area contributed by atoms with Gasteiger partial charge in [-0.1, -0.05) is 12.1 Å². The fraction of sp³-hybridized carbons (Fsp3) is 0.235. The van der Waals surface area contributed by atoms with Crippen LogP contribution in [0.4, 0.5) is 5.69 Å². The molecule has 1 heterocycles. The van der Waals surface area contributed by atoms with E-state index in [9.17, 15) is 25.0 Å². The SMILES string of the molecule is COC(=O)CC1=C(C(=O)OC)C(c2cccc([N+](=O)[O-])c2)C(C#N)=C(N)O1. The molecule has 10 nitrogen and oxygen atoms in total. The van der Waals surface area contributed by atoms with Crippen LogP contribution in [-0.2, 0) is 23.8 Å². The van der Waals surface area contributed by atoms with Crippen LogP contribution in [0.3, 0.4) is 0 Å². The second kappa shape index (κ2) is 8.01. The predicted molar refractivity (Wildman–Crippen MR) is 89.4 cm³/mol. The summed E-state index contributed by atoms with van der Waals surface area (Å²) in [6.07, 6.45) is -0.439. The molecule has 0 radical (unpaired) electrons. The Morgan fingerprint density at radius 2 is 2.07 bits per heavy atom. The second-order valence-electron chi connectivity index (χ2n) is 5.36. The number of hydrogen-bond acceptors (Lipinski definition) is 9. The van der Waals surface area contributed by atoms with Crippen molar-refractivity contribution in [3.05, 3.63) is 62.7 Å². The van der Waals surface area contributed by atoms with E-state index in [1.807, 2.05) is 6.07 Å². The van der Waals surface area contributed by atoms with Crippen LogP contribution >= 0.6 is 0 Å². The van der Waals surface area contributed by atoms with E-state index in [4.69, 9.17) is 15.2 Å². The molecule has 1 aliphatic heterocycles. The standard InChI is InChI=1S/C17H15N3O7/c1-25-13(21)7-12-15(17(22)26-2)14(11(8-18)16(19)27-12)9-4-3-5-10(6-9)20(23)24/h3-6,14H,7,19H2,1-2H3. The van der Waals surface area contributed by atoms with E-state index in [-0.39, 0.29) is 34.0 Å². The third-order valence-electron chi connectivity index (χ3n) is 3.85. The van der Waals surface area contributed by atoms with Gasteiger partial charge in [0.25, 0.3) is 5.69 Å². The van der Waals surface area contributed by atoms with Gasteiger partial charge in [0.2, 0.25) is 5.88 Å². The van der Waals surface area contributed by atoms with Crippen LogP contribution in [0.15, 0.2) is 47.1 Å². The van der Waals surface area contributed by atoms with E-state index in [1.54, 1.807) is 0 Å². The number of non-ortho nitro benzene ring substituents is 1. The number of methoxy groups -OCH3 is 2. The average Bonchev–Trinajstić information content (AvgIpc) is 2.66. The van der Waals surface area contributed by atoms with Gasteiger partial charge in [0, 0.05) is 12.1 Å². The average molecular weight is 373 g/mol. The molecule has 0 spiro atoms. The van der Waals surface area contributed by atoms with Crippen molar-refractivity contribution in [1.82, 2.24) is 0 Å². The summed E-state index contributed by atoms with van der Waals surface area (Å²) in [5.41, 5.74) is 5.50. The first-order valence-electron chi connectivity index (χ1n) is 7.54. The molecule has 27 heavy (non-hydrogen) atoms. The normalized spacial score (nSPS) is 16.3. The van der Waals surface area contributed by atoms with Crippen LogP contribution in [0.1, 0.15) is 17.9 Å². The topological polar surface area (TPSA) is 155 Å². The summed E-state index contributed by atoms with van der Waals surface area (Å²) in [5, 5.41) is 20.6. The van der Waals surface area contributed by atoms with E-state index in [0.717, 1.165) is 14.2 Å². The molecule has 0 saturated heterocycles. The molecule has 0 fully saturated rings. The van der Waals surface area contributed by atoms with Gasteiger partial charge in [0.15, 0.2) is 0 Å². The lowest BCUT2D eigenvalue weighted by Gasteiger charge is -2.27. The van der Waals surface area contributed by atoms with Crippen molar-refractivity contribution in [2.24, 2.45) is 5.73 Å². The first-order valence-corrected chi connectivity index (χ1v) is 7.54. The maximum Gasteiger partial charge on any atom is 0.338 e. The fourth-order valence-electron chi connectivity index (χ4n) is 2.64. The number of nitrogens with zero attached hydrogens (tertiary/aromatic N) is 2. The van der Waals surface area contributed by atoms with Crippen molar-refractivity contribution in [3.8, 4) is 6.07 Å². The highest BCUT2D eigenvalue weighted by molar-refractivity contribution is 5.93. The smallest absolute Gasteiger partial charge is 0.338 e. The number of carbonyl (C=O) groups excluding carboxylic acids is 2. The fourth-order valence-corrected chi connectivity index (χ4v) is 2.64. The van der Waals surface area contributed by atoms with Crippen LogP contribution in [0.25, 0.3) is 0 Å². The van der Waals surface area contributed by atoms with Crippen LogP contribution in [-0.4, -0.2) is 31.1 Å². The van der Waals surface area contributed by atoms with E-state index >= 15 is 0 Å². The van der Waals surface area contributed by atoms with Crippen molar-refractivity contribution in [3.63, 3.8) is 0 Å². The summed E-state index contributed by atoms with van der Waals surface area (Å²) in [6, 6.07) is 7.22. The number of nitro groups is 1. The number of ether oxygens (including phenoxy) is 3. The Morgan fingerprint density at radius 1 is 1.37 bits per heavy atom. The minimum Gasteiger partial charge on any atom is -0.469 e. The number of benzene rings is 1. The lowest BCUT2D eigenvalue weighted by Crippen LogP contribution is -2.27. The summed E-state index contributed by atoms with van der Waals surface area (Å²) in [6.45, 7) is 0. The molecule has 1 aromatic carbocycles. The number of esters is 2. The van der Waals surface area contributed by atoms with E-state index < -0.39 is 29.2 Å². The predicted octanol–water partition coefficient (Wildman–Crippen LogP) is 1.39. The first-order chi connectivity index (χ1) is 12.8. The number of nitro benzene ring substituents is 1. The van der Waals surface area contributed by atoms with Gasteiger partial charge in [-0.3, -0.25) is 14.9 Å². The van der Waals surface area contributed by atoms with Gasteiger partial charge in [0.1, 0.15) is 23.8 Å². The van der Waals surface area contributed by atoms with Gasteiger partial charge >= 0.3 is 11.9 Å². The third-order valence-corrected chi connectivity index (χ3v) is 3.85. The number of allylic oxidation sites excluding steroid dienone is 1. The molecular formula is C17H15N3O7. The van der Waals surface area contributed by atoms with E-state index in [0.29, 0.717) is 0 Å². The Balaban J connectivity index is 2.72. The number of rotatable bonds is 5. The summed E-state index contributed by atoms with van der Waals surface area (Å²) < 4.78 is 14.6.